The van der Waals surface area contributed by atoms with E-state index in [0.29, 0.717) is 42.1 Å². The van der Waals surface area contributed by atoms with Crippen molar-refractivity contribution in [3.63, 3.8) is 0 Å². The molecule has 0 spiro atoms. The molecule has 3 fully saturated rings. The fraction of sp³-hybridized carbons (Fsp3) is 0.473. The number of hydrogen-bond donors (Lipinski definition) is 6. The summed E-state index contributed by atoms with van der Waals surface area (Å²) in [6.07, 6.45) is 2.48. The molecule has 3 aliphatic rings. The van der Waals surface area contributed by atoms with Crippen LogP contribution < -0.4 is 26.3 Å². The summed E-state index contributed by atoms with van der Waals surface area (Å²) in [6, 6.07) is 14.5. The zero-order valence-corrected chi connectivity index (χ0v) is 43.4. The normalized spacial score (nSPS) is 19.0. The number of pyridine rings is 2. The van der Waals surface area contributed by atoms with Crippen molar-refractivity contribution in [3.8, 4) is 23.1 Å². The molecule has 3 saturated heterocycles. The van der Waals surface area contributed by atoms with Crippen LogP contribution in [0.1, 0.15) is 89.5 Å². The van der Waals surface area contributed by atoms with E-state index in [1.165, 1.54) is 6.20 Å². The number of ether oxygens (including phenoxy) is 2. The van der Waals surface area contributed by atoms with Crippen LogP contribution in [0, 0.1) is 34.3 Å². The summed E-state index contributed by atoms with van der Waals surface area (Å²) in [5.41, 5.74) is 2.68. The first-order valence-electron chi connectivity index (χ1n) is 25.1. The highest BCUT2D eigenvalue weighted by molar-refractivity contribution is 5.87. The lowest BCUT2D eigenvalue weighted by molar-refractivity contribution is -0.144. The highest BCUT2D eigenvalue weighted by Crippen LogP contribution is 2.34. The molecule has 75 heavy (non-hydrogen) atoms. The lowest BCUT2D eigenvalue weighted by Crippen LogP contribution is -2.60. The third-order valence-electron chi connectivity index (χ3n) is 13.7. The number of aliphatic hydroxyl groups excluding tert-OH is 1. The molecule has 7 rings (SSSR count). The van der Waals surface area contributed by atoms with Crippen LogP contribution in [-0.2, 0) is 36.8 Å². The number of nitrogens with one attached hydrogen (secondary N) is 4. The van der Waals surface area contributed by atoms with Crippen LogP contribution >= 0.6 is 0 Å². The first kappa shape index (κ1) is 55.5. The van der Waals surface area contributed by atoms with Crippen molar-refractivity contribution in [3.05, 3.63) is 113 Å². The number of hydrazine groups is 1. The quantitative estimate of drug-likeness (QED) is 0.0598. The van der Waals surface area contributed by atoms with Crippen molar-refractivity contribution in [1.82, 2.24) is 41.3 Å². The zero-order chi connectivity index (χ0) is 54.2. The van der Waals surface area contributed by atoms with E-state index >= 15 is 8.78 Å². The molecule has 18 nitrogen and oxygen atoms in total. The Hall–Kier alpha value is -7.21. The maximum atomic E-state index is 16.0. The molecule has 2 aromatic carbocycles. The Bertz CT molecular complexity index is 2700. The van der Waals surface area contributed by atoms with Gasteiger partial charge in [-0.3, -0.25) is 24.8 Å². The van der Waals surface area contributed by atoms with Gasteiger partial charge in [-0.1, -0.05) is 71.6 Å². The summed E-state index contributed by atoms with van der Waals surface area (Å²) >= 11 is 0. The number of carbonyl (C=O) groups is 5. The molecule has 6 N–H and O–H groups in total. The molecule has 2 aromatic heterocycles. The topological polar surface area (TPSA) is 228 Å². The van der Waals surface area contributed by atoms with Crippen LogP contribution in [0.4, 0.5) is 24.2 Å². The van der Waals surface area contributed by atoms with Crippen molar-refractivity contribution in [2.45, 2.75) is 123 Å². The molecule has 4 aromatic rings. The number of anilines is 1. The number of amides is 5. The van der Waals surface area contributed by atoms with Gasteiger partial charge in [-0.2, -0.15) is 0 Å². The Labute approximate surface area is 435 Å². The molecule has 20 heteroatoms. The standard InChI is InChI=1S/C55H67F2N9O9/c1-54(2,3)47(62-53(73)74-7)49(68)60-43(44(67)32-65(63-50(69)48(55(4,5)6)61-52(71)72)31-39-40(56)26-36(27-41(39)57)42-11-8-9-23-58-42)25-34-16-13-33(14-17-34)15-18-35-19-22-46(59-28-35)64-29-37-20-21-38(30-64)66(37)51(70)45-12-10-24-75-45/h8-9,11,13-14,16-17,19,22-23,26-28,37-38,43-45,47-48,61,67H,10,12,20-21,24-25,29-32H2,1-7H3,(H,60,68)(H,62,73)(H,63,69)(H,71,72)/t37?,38?,43?,44?,45-,47?,48?/m0/s1. The van der Waals surface area contributed by atoms with Crippen molar-refractivity contribution < 1.29 is 52.4 Å². The van der Waals surface area contributed by atoms with Crippen LogP contribution in [0.3, 0.4) is 0 Å². The number of aromatic nitrogens is 2. The van der Waals surface area contributed by atoms with Crippen molar-refractivity contribution in [2.75, 3.05) is 38.3 Å². The lowest BCUT2D eigenvalue weighted by Gasteiger charge is -2.42. The Balaban J connectivity index is 1.11. The second kappa shape index (κ2) is 24.0. The van der Waals surface area contributed by atoms with E-state index in [4.69, 9.17) is 14.5 Å². The van der Waals surface area contributed by atoms with Crippen LogP contribution in [-0.4, -0.2) is 136 Å². The van der Waals surface area contributed by atoms with E-state index in [1.807, 2.05) is 17.0 Å². The second-order valence-corrected chi connectivity index (χ2v) is 21.4. The predicted octanol–water partition coefficient (Wildman–Crippen LogP) is 5.55. The molecule has 3 aliphatic heterocycles. The molecule has 5 heterocycles. The third kappa shape index (κ3) is 14.3. The molecule has 0 radical (unpaired) electrons. The Morgan fingerprint density at radius 1 is 0.840 bits per heavy atom. The summed E-state index contributed by atoms with van der Waals surface area (Å²) in [7, 11) is 1.16. The SMILES string of the molecule is COC(=O)NC(C(=O)NC(Cc1ccc(C#Cc2ccc(N3CC4CCC(C3)N4C(=O)[C@@H]3CCCO3)nc2)cc1)C(O)CN(Cc1c(F)cc(-c2ccccn2)cc1F)NC(=O)C(NC(=O)O)C(C)(C)C)C(C)(C)C. The number of methoxy groups -OCH3 is 1. The number of carbonyl (C=O) groups excluding carboxylic acids is 4. The summed E-state index contributed by atoms with van der Waals surface area (Å²) in [5.74, 6) is 3.70. The molecule has 5 amide bonds. The van der Waals surface area contributed by atoms with Gasteiger partial charge < -0.3 is 45.4 Å². The number of rotatable bonds is 16. The maximum absolute atomic E-state index is 16.0. The fourth-order valence-corrected chi connectivity index (χ4v) is 9.71. The van der Waals surface area contributed by atoms with Gasteiger partial charge >= 0.3 is 12.2 Å². The predicted molar refractivity (Wildman–Crippen MR) is 274 cm³/mol. The second-order valence-electron chi connectivity index (χ2n) is 21.4. The van der Waals surface area contributed by atoms with E-state index in [9.17, 15) is 34.2 Å². The third-order valence-corrected chi connectivity index (χ3v) is 13.7. The Morgan fingerprint density at radius 2 is 1.48 bits per heavy atom. The van der Waals surface area contributed by atoms with Crippen molar-refractivity contribution in [2.24, 2.45) is 10.8 Å². The molecule has 2 bridgehead atoms. The number of fused-ring (bicyclic) bond motifs is 2. The number of carboxylic acid groups (broad SMARTS) is 1. The average molecular weight is 1040 g/mol. The first-order valence-corrected chi connectivity index (χ1v) is 25.1. The number of nitrogens with zero attached hydrogens (tertiary/aromatic N) is 5. The maximum Gasteiger partial charge on any atom is 0.407 e. The van der Waals surface area contributed by atoms with Crippen LogP contribution in [0.15, 0.2) is 79.1 Å². The molecule has 400 valence electrons. The monoisotopic (exact) mass is 1040 g/mol. The van der Waals surface area contributed by atoms with Gasteiger partial charge in [0.25, 0.3) is 11.8 Å². The Morgan fingerprint density at radius 3 is 2.04 bits per heavy atom. The van der Waals surface area contributed by atoms with Gasteiger partial charge in [0.15, 0.2) is 0 Å². The van der Waals surface area contributed by atoms with E-state index in [0.717, 1.165) is 55.8 Å². The number of aliphatic hydroxyl groups is 1. The van der Waals surface area contributed by atoms with Gasteiger partial charge in [-0.15, -0.1) is 0 Å². The number of benzene rings is 2. The molecule has 7 atom stereocenters. The smallest absolute Gasteiger partial charge is 0.407 e. The van der Waals surface area contributed by atoms with Gasteiger partial charge in [-0.05, 0) is 97.0 Å². The zero-order valence-electron chi connectivity index (χ0n) is 43.4. The average Bonchev–Trinajstić information content (AvgIpc) is 4.00. The lowest BCUT2D eigenvalue weighted by atomic mass is 9.85. The first-order chi connectivity index (χ1) is 35.6. The summed E-state index contributed by atoms with van der Waals surface area (Å²) in [4.78, 5) is 78.8. The largest absolute Gasteiger partial charge is 0.465 e. The van der Waals surface area contributed by atoms with E-state index < -0.39 is 89.3 Å². The van der Waals surface area contributed by atoms with E-state index in [-0.39, 0.29) is 36.1 Å². The number of alkyl carbamates (subject to hydrolysis) is 1. The van der Waals surface area contributed by atoms with Gasteiger partial charge in [0.2, 0.25) is 5.91 Å². The van der Waals surface area contributed by atoms with E-state index in [2.05, 4.69) is 43.1 Å². The highest BCUT2D eigenvalue weighted by Gasteiger charge is 2.45. The molecular formula is C55H67F2N9O9. The van der Waals surface area contributed by atoms with Gasteiger partial charge in [0.1, 0.15) is 35.6 Å². The fourth-order valence-electron chi connectivity index (χ4n) is 9.71. The van der Waals surface area contributed by atoms with Gasteiger partial charge in [0, 0.05) is 79.5 Å². The minimum Gasteiger partial charge on any atom is -0.465 e. The number of piperazine rings is 1. The Kier molecular flexibility index (Phi) is 17.8. The van der Waals surface area contributed by atoms with Crippen LogP contribution in [0.25, 0.3) is 11.3 Å². The number of halogens is 2. The molecule has 0 saturated carbocycles. The minimum atomic E-state index is -1.59. The van der Waals surface area contributed by atoms with Crippen LogP contribution in [0.5, 0.6) is 0 Å². The van der Waals surface area contributed by atoms with Crippen molar-refractivity contribution in [1.29, 1.82) is 0 Å². The molecule has 0 aliphatic carbocycles. The van der Waals surface area contributed by atoms with Gasteiger partial charge in [0.05, 0.1) is 24.9 Å². The van der Waals surface area contributed by atoms with E-state index in [1.54, 1.807) is 90.2 Å². The highest BCUT2D eigenvalue weighted by atomic mass is 19.1. The van der Waals surface area contributed by atoms with Crippen molar-refractivity contribution >= 4 is 35.7 Å². The summed E-state index contributed by atoms with van der Waals surface area (Å²) in [6.45, 7) is 10.9. The van der Waals surface area contributed by atoms with Gasteiger partial charge in [-0.25, -0.2) is 28.4 Å². The summed E-state index contributed by atoms with van der Waals surface area (Å²) < 4.78 is 42.5. The summed E-state index contributed by atoms with van der Waals surface area (Å²) in [5, 5.41) is 30.5. The van der Waals surface area contributed by atoms with Crippen LogP contribution in [0.2, 0.25) is 0 Å². The molecule has 6 unspecified atom stereocenters. The number of hydrogen-bond acceptors (Lipinski definition) is 12. The molecular weight excluding hydrogens is 969 g/mol. The minimum absolute atomic E-state index is 0.0198.